The standard InChI is InChI=1S/C18H27N3O.HI/c19-18(21-11-5-2-6-12-21)20-14-16-10-7-13-22-17(16)15-8-3-1-4-9-15;/h1,3-4,8-9,16-17H,2,5-7,10-14H2,(H2,19,20);1H. The fourth-order valence-corrected chi connectivity index (χ4v) is 3.48. The van der Waals surface area contributed by atoms with Gasteiger partial charge in [-0.15, -0.1) is 24.0 Å². The minimum absolute atomic E-state index is 0. The molecule has 0 aromatic heterocycles. The maximum Gasteiger partial charge on any atom is 0.191 e. The van der Waals surface area contributed by atoms with Gasteiger partial charge in [0.25, 0.3) is 0 Å². The van der Waals surface area contributed by atoms with Crippen LogP contribution in [0, 0.1) is 5.92 Å². The highest BCUT2D eigenvalue weighted by Crippen LogP contribution is 2.33. The SMILES string of the molecule is I.NC(=NCC1CCCOC1c1ccccc1)N1CCCCC1. The molecule has 0 spiro atoms. The summed E-state index contributed by atoms with van der Waals surface area (Å²) in [6, 6.07) is 10.5. The van der Waals surface area contributed by atoms with Crippen molar-refractivity contribution >= 4 is 29.9 Å². The maximum atomic E-state index is 6.18. The summed E-state index contributed by atoms with van der Waals surface area (Å²) < 4.78 is 6.03. The molecule has 2 aliphatic rings. The first-order valence-corrected chi connectivity index (χ1v) is 8.56. The van der Waals surface area contributed by atoms with Crippen molar-refractivity contribution in [1.29, 1.82) is 0 Å². The van der Waals surface area contributed by atoms with E-state index in [0.29, 0.717) is 5.92 Å². The molecule has 2 heterocycles. The number of rotatable bonds is 3. The number of hydrogen-bond acceptors (Lipinski definition) is 2. The van der Waals surface area contributed by atoms with Crippen molar-refractivity contribution in [2.24, 2.45) is 16.6 Å². The Hall–Kier alpha value is -0.820. The fraction of sp³-hybridized carbons (Fsp3) is 0.611. The second-order valence-electron chi connectivity index (χ2n) is 6.35. The van der Waals surface area contributed by atoms with E-state index < -0.39 is 0 Å². The molecule has 0 bridgehead atoms. The Kier molecular flexibility index (Phi) is 7.62. The van der Waals surface area contributed by atoms with E-state index in [2.05, 4.69) is 34.2 Å². The molecule has 2 unspecified atom stereocenters. The van der Waals surface area contributed by atoms with Crippen LogP contribution >= 0.6 is 24.0 Å². The molecule has 3 rings (SSSR count). The van der Waals surface area contributed by atoms with Gasteiger partial charge < -0.3 is 15.4 Å². The lowest BCUT2D eigenvalue weighted by atomic mass is 9.89. The lowest BCUT2D eigenvalue weighted by Crippen LogP contribution is -2.41. The molecule has 23 heavy (non-hydrogen) atoms. The van der Waals surface area contributed by atoms with Gasteiger partial charge in [-0.25, -0.2) is 0 Å². The first-order chi connectivity index (χ1) is 10.8. The number of nitrogens with zero attached hydrogens (tertiary/aromatic N) is 2. The monoisotopic (exact) mass is 429 g/mol. The zero-order chi connectivity index (χ0) is 15.2. The van der Waals surface area contributed by atoms with E-state index in [4.69, 9.17) is 10.5 Å². The van der Waals surface area contributed by atoms with Crippen LogP contribution in [0.4, 0.5) is 0 Å². The van der Waals surface area contributed by atoms with Crippen molar-refractivity contribution in [1.82, 2.24) is 4.90 Å². The molecule has 0 saturated carbocycles. The summed E-state index contributed by atoms with van der Waals surface area (Å²) in [6.07, 6.45) is 6.22. The highest BCUT2D eigenvalue weighted by atomic mass is 127. The molecule has 2 aliphatic heterocycles. The summed E-state index contributed by atoms with van der Waals surface area (Å²) in [4.78, 5) is 6.91. The van der Waals surface area contributed by atoms with Crippen LogP contribution in [-0.2, 0) is 4.74 Å². The lowest BCUT2D eigenvalue weighted by molar-refractivity contribution is -0.0250. The quantitative estimate of drug-likeness (QED) is 0.454. The molecular formula is C18H28IN3O. The van der Waals surface area contributed by atoms with Gasteiger partial charge >= 0.3 is 0 Å². The van der Waals surface area contributed by atoms with Gasteiger partial charge in [-0.2, -0.15) is 0 Å². The van der Waals surface area contributed by atoms with E-state index in [9.17, 15) is 0 Å². The molecule has 2 atom stereocenters. The summed E-state index contributed by atoms with van der Waals surface area (Å²) in [6.45, 7) is 3.72. The van der Waals surface area contributed by atoms with Crippen LogP contribution in [0.15, 0.2) is 35.3 Å². The summed E-state index contributed by atoms with van der Waals surface area (Å²) in [5.74, 6) is 1.15. The van der Waals surface area contributed by atoms with E-state index in [1.807, 2.05) is 6.07 Å². The number of hydrogen-bond donors (Lipinski definition) is 1. The van der Waals surface area contributed by atoms with Crippen LogP contribution in [0.5, 0.6) is 0 Å². The molecule has 128 valence electrons. The van der Waals surface area contributed by atoms with E-state index in [0.717, 1.165) is 45.0 Å². The van der Waals surface area contributed by atoms with Crippen molar-refractivity contribution in [3.05, 3.63) is 35.9 Å². The van der Waals surface area contributed by atoms with Gasteiger partial charge in [0.05, 0.1) is 6.10 Å². The van der Waals surface area contributed by atoms with Gasteiger partial charge in [0.2, 0.25) is 0 Å². The molecule has 2 N–H and O–H groups in total. The van der Waals surface area contributed by atoms with E-state index >= 15 is 0 Å². The van der Waals surface area contributed by atoms with Crippen molar-refractivity contribution < 1.29 is 4.74 Å². The first-order valence-electron chi connectivity index (χ1n) is 8.56. The van der Waals surface area contributed by atoms with Crippen molar-refractivity contribution in [2.45, 2.75) is 38.2 Å². The average Bonchev–Trinajstić information content (AvgIpc) is 2.61. The number of ether oxygens (including phenoxy) is 1. The summed E-state index contributed by atoms with van der Waals surface area (Å²) in [7, 11) is 0. The molecular weight excluding hydrogens is 401 g/mol. The van der Waals surface area contributed by atoms with Crippen LogP contribution in [0.2, 0.25) is 0 Å². The maximum absolute atomic E-state index is 6.18. The van der Waals surface area contributed by atoms with Gasteiger partial charge in [0, 0.05) is 32.2 Å². The number of likely N-dealkylation sites (tertiary alicyclic amines) is 1. The summed E-state index contributed by atoms with van der Waals surface area (Å²) in [5, 5.41) is 0. The molecule has 1 aromatic rings. The van der Waals surface area contributed by atoms with Gasteiger partial charge in [-0.3, -0.25) is 4.99 Å². The van der Waals surface area contributed by atoms with E-state index in [-0.39, 0.29) is 30.1 Å². The Labute approximate surface area is 156 Å². The Balaban J connectivity index is 0.00000192. The summed E-state index contributed by atoms with van der Waals surface area (Å²) in [5.41, 5.74) is 7.45. The second-order valence-corrected chi connectivity index (χ2v) is 6.35. The predicted molar refractivity (Wildman–Crippen MR) is 105 cm³/mol. The first kappa shape index (κ1) is 18.5. The minimum Gasteiger partial charge on any atom is -0.373 e. The largest absolute Gasteiger partial charge is 0.373 e. The Morgan fingerprint density at radius 1 is 1.13 bits per heavy atom. The van der Waals surface area contributed by atoms with Crippen LogP contribution < -0.4 is 5.73 Å². The number of halogens is 1. The van der Waals surface area contributed by atoms with E-state index in [1.165, 1.54) is 24.8 Å². The molecule has 0 radical (unpaired) electrons. The highest BCUT2D eigenvalue weighted by Gasteiger charge is 2.27. The Morgan fingerprint density at radius 3 is 2.61 bits per heavy atom. The minimum atomic E-state index is 0. The Bertz CT molecular complexity index is 488. The third-order valence-corrected chi connectivity index (χ3v) is 4.74. The second kappa shape index (κ2) is 9.47. The van der Waals surface area contributed by atoms with Gasteiger partial charge in [0.15, 0.2) is 5.96 Å². The topological polar surface area (TPSA) is 50.9 Å². The van der Waals surface area contributed by atoms with Crippen LogP contribution in [0.3, 0.4) is 0 Å². The normalized spacial score (nSPS) is 25.7. The molecule has 1 aromatic carbocycles. The third-order valence-electron chi connectivity index (χ3n) is 4.74. The summed E-state index contributed by atoms with van der Waals surface area (Å²) >= 11 is 0. The fourth-order valence-electron chi connectivity index (χ4n) is 3.48. The number of nitrogens with two attached hydrogens (primary N) is 1. The van der Waals surface area contributed by atoms with Gasteiger partial charge in [-0.1, -0.05) is 30.3 Å². The molecule has 2 fully saturated rings. The zero-order valence-electron chi connectivity index (χ0n) is 13.7. The van der Waals surface area contributed by atoms with Crippen LogP contribution in [-0.4, -0.2) is 37.1 Å². The molecule has 0 aliphatic carbocycles. The zero-order valence-corrected chi connectivity index (χ0v) is 16.0. The molecule has 4 nitrogen and oxygen atoms in total. The lowest BCUT2D eigenvalue weighted by Gasteiger charge is -2.32. The predicted octanol–water partition coefficient (Wildman–Crippen LogP) is 3.57. The average molecular weight is 429 g/mol. The van der Waals surface area contributed by atoms with E-state index in [1.54, 1.807) is 0 Å². The van der Waals surface area contributed by atoms with Crippen molar-refractivity contribution in [3.8, 4) is 0 Å². The van der Waals surface area contributed by atoms with Gasteiger partial charge in [-0.05, 0) is 37.7 Å². The van der Waals surface area contributed by atoms with Gasteiger partial charge in [0.1, 0.15) is 0 Å². The molecule has 5 heteroatoms. The third kappa shape index (κ3) is 5.08. The Morgan fingerprint density at radius 2 is 1.87 bits per heavy atom. The number of piperidine rings is 1. The molecule has 2 saturated heterocycles. The smallest absolute Gasteiger partial charge is 0.191 e. The highest BCUT2D eigenvalue weighted by molar-refractivity contribution is 14.0. The number of benzene rings is 1. The van der Waals surface area contributed by atoms with Crippen LogP contribution in [0.25, 0.3) is 0 Å². The van der Waals surface area contributed by atoms with Crippen molar-refractivity contribution in [3.63, 3.8) is 0 Å². The number of aliphatic imine (C=N–C) groups is 1. The van der Waals surface area contributed by atoms with Crippen molar-refractivity contribution in [2.75, 3.05) is 26.2 Å². The van der Waals surface area contributed by atoms with Crippen LogP contribution in [0.1, 0.15) is 43.8 Å². The molecule has 0 amide bonds. The number of guanidine groups is 1.